The summed E-state index contributed by atoms with van der Waals surface area (Å²) in [5, 5.41) is 0. The average molecular weight is 298 g/mol. The number of benzene rings is 1. The smallest absolute Gasteiger partial charge is 0.325 e. The van der Waals surface area contributed by atoms with Gasteiger partial charge >= 0.3 is 5.97 Å². The molecule has 1 aromatic rings. The van der Waals surface area contributed by atoms with E-state index in [0.717, 1.165) is 0 Å². The zero-order valence-electron chi connectivity index (χ0n) is 10.7. The summed E-state index contributed by atoms with van der Waals surface area (Å²) in [5.41, 5.74) is 0.717. The van der Waals surface area contributed by atoms with Gasteiger partial charge in [-0.1, -0.05) is 0 Å². The second kappa shape index (κ2) is 5.92. The van der Waals surface area contributed by atoms with Crippen LogP contribution in [0.2, 0.25) is 0 Å². The highest BCUT2D eigenvalue weighted by Crippen LogP contribution is 2.33. The second-order valence-corrected chi connectivity index (χ2v) is 4.35. The number of anilines is 1. The van der Waals surface area contributed by atoms with Gasteiger partial charge in [-0.2, -0.15) is 0 Å². The van der Waals surface area contributed by atoms with Crippen molar-refractivity contribution in [2.75, 3.05) is 31.0 Å². The molecular formula is C13H12ClNO5. The third-order valence-corrected chi connectivity index (χ3v) is 3.10. The van der Waals surface area contributed by atoms with Crippen molar-refractivity contribution < 1.29 is 23.9 Å². The Balaban J connectivity index is 2.39. The minimum absolute atomic E-state index is 0.160. The van der Waals surface area contributed by atoms with Crippen molar-refractivity contribution in [3.8, 4) is 5.75 Å². The molecule has 0 saturated heterocycles. The Morgan fingerprint density at radius 3 is 2.85 bits per heavy atom. The van der Waals surface area contributed by atoms with Crippen LogP contribution in [0, 0.1) is 0 Å². The van der Waals surface area contributed by atoms with Crippen LogP contribution < -0.4 is 9.64 Å². The first-order chi connectivity index (χ1) is 9.56. The minimum atomic E-state index is -0.555. The first kappa shape index (κ1) is 14.3. The Hall–Kier alpha value is -2.08. The molecule has 20 heavy (non-hydrogen) atoms. The first-order valence-corrected chi connectivity index (χ1v) is 6.33. The molecule has 0 N–H and O–H groups in total. The van der Waals surface area contributed by atoms with Crippen LogP contribution >= 0.6 is 11.6 Å². The summed E-state index contributed by atoms with van der Waals surface area (Å²) in [4.78, 5) is 36.0. The first-order valence-electron chi connectivity index (χ1n) is 5.80. The summed E-state index contributed by atoms with van der Waals surface area (Å²) in [7, 11) is 1.24. The number of halogens is 1. The number of nitrogens with zero attached hydrogens (tertiary/aromatic N) is 1. The van der Waals surface area contributed by atoms with Crippen LogP contribution in [0.25, 0.3) is 0 Å². The van der Waals surface area contributed by atoms with Crippen LogP contribution in [-0.4, -0.2) is 43.8 Å². The molecule has 7 heteroatoms. The number of ether oxygens (including phenoxy) is 2. The average Bonchev–Trinajstić information content (AvgIpc) is 2.48. The summed E-state index contributed by atoms with van der Waals surface area (Å²) in [6, 6.07) is 4.63. The molecule has 0 fully saturated rings. The predicted molar refractivity (Wildman–Crippen MR) is 71.4 cm³/mol. The number of alkyl halides is 1. The third kappa shape index (κ3) is 2.75. The lowest BCUT2D eigenvalue weighted by atomic mass is 10.1. The van der Waals surface area contributed by atoms with E-state index in [1.807, 2.05) is 0 Å². The maximum atomic E-state index is 11.8. The number of rotatable bonds is 4. The van der Waals surface area contributed by atoms with E-state index in [9.17, 15) is 14.4 Å². The van der Waals surface area contributed by atoms with Gasteiger partial charge in [-0.15, -0.1) is 11.6 Å². The molecule has 0 radical (unpaired) electrons. The maximum Gasteiger partial charge on any atom is 0.325 e. The predicted octanol–water partition coefficient (Wildman–Crippen LogP) is 1.01. The number of hydrogen-bond donors (Lipinski definition) is 0. The molecule has 0 aromatic heterocycles. The molecule has 0 saturated carbocycles. The standard InChI is InChI=1S/C13H12ClNO5/c1-19-13(18)6-15-9-4-8(10(16)5-14)2-3-11(9)20-7-12(15)17/h2-4H,5-7H2,1H3. The number of carbonyl (C=O) groups is 3. The Bertz CT molecular complexity index is 572. The molecule has 0 spiro atoms. The van der Waals surface area contributed by atoms with E-state index in [2.05, 4.69) is 4.74 Å². The van der Waals surface area contributed by atoms with Crippen molar-refractivity contribution in [1.82, 2.24) is 0 Å². The number of carbonyl (C=O) groups excluding carboxylic acids is 3. The molecule has 1 aromatic carbocycles. The number of fused-ring (bicyclic) bond motifs is 1. The summed E-state index contributed by atoms with van der Waals surface area (Å²) in [6.07, 6.45) is 0. The lowest BCUT2D eigenvalue weighted by molar-refractivity contribution is -0.140. The van der Waals surface area contributed by atoms with Gasteiger partial charge in [-0.05, 0) is 18.2 Å². The fourth-order valence-electron chi connectivity index (χ4n) is 1.82. The van der Waals surface area contributed by atoms with Gasteiger partial charge in [-0.3, -0.25) is 19.3 Å². The number of esters is 1. The van der Waals surface area contributed by atoms with Crippen LogP contribution in [0.4, 0.5) is 5.69 Å². The van der Waals surface area contributed by atoms with Crippen LogP contribution in [0.15, 0.2) is 18.2 Å². The highest BCUT2D eigenvalue weighted by atomic mass is 35.5. The van der Waals surface area contributed by atoms with Gasteiger partial charge in [0.2, 0.25) is 0 Å². The van der Waals surface area contributed by atoms with Gasteiger partial charge in [0, 0.05) is 5.56 Å². The third-order valence-electron chi connectivity index (χ3n) is 2.86. The van der Waals surface area contributed by atoms with E-state index >= 15 is 0 Å². The monoisotopic (exact) mass is 297 g/mol. The molecule has 1 amide bonds. The summed E-state index contributed by atoms with van der Waals surface area (Å²) in [6.45, 7) is -0.392. The summed E-state index contributed by atoms with van der Waals surface area (Å²) >= 11 is 5.51. The minimum Gasteiger partial charge on any atom is -0.482 e. The van der Waals surface area contributed by atoms with Gasteiger partial charge in [0.15, 0.2) is 12.4 Å². The van der Waals surface area contributed by atoms with Gasteiger partial charge < -0.3 is 9.47 Å². The van der Waals surface area contributed by atoms with Crippen molar-refractivity contribution in [3.63, 3.8) is 0 Å². The van der Waals surface area contributed by atoms with E-state index in [1.54, 1.807) is 12.1 Å². The van der Waals surface area contributed by atoms with Crippen molar-refractivity contribution >= 4 is 34.9 Å². The topological polar surface area (TPSA) is 72.9 Å². The Labute approximate surface area is 120 Å². The van der Waals surface area contributed by atoms with Gasteiger partial charge in [0.25, 0.3) is 5.91 Å². The zero-order valence-corrected chi connectivity index (χ0v) is 11.5. The fourth-order valence-corrected chi connectivity index (χ4v) is 1.97. The summed E-state index contributed by atoms with van der Waals surface area (Å²) < 4.78 is 9.82. The van der Waals surface area contributed by atoms with Crippen molar-refractivity contribution in [3.05, 3.63) is 23.8 Å². The van der Waals surface area contributed by atoms with Gasteiger partial charge in [0.05, 0.1) is 18.7 Å². The number of Topliss-reactive ketones (excluding diaryl/α,β-unsaturated/α-hetero) is 1. The molecule has 0 atom stereocenters. The zero-order chi connectivity index (χ0) is 14.7. The molecule has 106 valence electrons. The van der Waals surface area contributed by atoms with Crippen LogP contribution in [0.5, 0.6) is 5.75 Å². The van der Waals surface area contributed by atoms with Crippen LogP contribution in [0.3, 0.4) is 0 Å². The van der Waals surface area contributed by atoms with E-state index in [-0.39, 0.29) is 30.7 Å². The highest BCUT2D eigenvalue weighted by Gasteiger charge is 2.28. The normalized spacial score (nSPS) is 13.5. The number of amides is 1. The maximum absolute atomic E-state index is 11.8. The molecule has 0 bridgehead atoms. The lowest BCUT2D eigenvalue weighted by Gasteiger charge is -2.28. The molecular weight excluding hydrogens is 286 g/mol. The number of hydrogen-bond acceptors (Lipinski definition) is 5. The van der Waals surface area contributed by atoms with E-state index in [0.29, 0.717) is 17.0 Å². The van der Waals surface area contributed by atoms with E-state index in [4.69, 9.17) is 16.3 Å². The lowest BCUT2D eigenvalue weighted by Crippen LogP contribution is -2.42. The Morgan fingerprint density at radius 2 is 2.20 bits per heavy atom. The van der Waals surface area contributed by atoms with Gasteiger partial charge in [-0.25, -0.2) is 0 Å². The molecule has 2 rings (SSSR count). The van der Waals surface area contributed by atoms with Gasteiger partial charge in [0.1, 0.15) is 12.3 Å². The quantitative estimate of drug-likeness (QED) is 0.471. The van der Waals surface area contributed by atoms with Crippen LogP contribution in [0.1, 0.15) is 10.4 Å². The van der Waals surface area contributed by atoms with Crippen molar-refractivity contribution in [2.45, 2.75) is 0 Å². The van der Waals surface area contributed by atoms with Crippen LogP contribution in [-0.2, 0) is 14.3 Å². The molecule has 0 aliphatic carbocycles. The number of methoxy groups -OCH3 is 1. The van der Waals surface area contributed by atoms with E-state index < -0.39 is 5.97 Å². The molecule has 1 aliphatic heterocycles. The Morgan fingerprint density at radius 1 is 1.45 bits per heavy atom. The highest BCUT2D eigenvalue weighted by molar-refractivity contribution is 6.30. The second-order valence-electron chi connectivity index (χ2n) is 4.08. The molecule has 1 aliphatic rings. The molecule has 0 unspecified atom stereocenters. The SMILES string of the molecule is COC(=O)CN1C(=O)COc2ccc(C(=O)CCl)cc21. The van der Waals surface area contributed by atoms with Crippen molar-refractivity contribution in [2.24, 2.45) is 0 Å². The molecule has 1 heterocycles. The van der Waals surface area contributed by atoms with E-state index in [1.165, 1.54) is 18.1 Å². The Kier molecular flexibility index (Phi) is 4.24. The fraction of sp³-hybridized carbons (Fsp3) is 0.308. The number of ketones is 1. The molecule has 6 nitrogen and oxygen atoms in total. The van der Waals surface area contributed by atoms with Crippen molar-refractivity contribution in [1.29, 1.82) is 0 Å². The largest absolute Gasteiger partial charge is 0.482 e. The summed E-state index contributed by atoms with van der Waals surface area (Å²) in [5.74, 6) is -0.936.